The second-order valence-corrected chi connectivity index (χ2v) is 4.48. The molecule has 0 radical (unpaired) electrons. The Balaban J connectivity index is 2.36. The number of benzene rings is 1. The molecule has 0 atom stereocenters. The standard InChI is InChI=1S/C14H17ClN2O4/c1-2-3-7-21-8-6-16-14(20)17-10-4-5-11(13(18)19)12(15)9-10/h2,4-5,9H,1,3,6-8H2,(H,18,19)(H2,16,17,20). The minimum atomic E-state index is -1.12. The number of halogens is 1. The van der Waals surface area contributed by atoms with Crippen molar-refractivity contribution in [1.82, 2.24) is 5.32 Å². The number of carboxylic acids is 1. The summed E-state index contributed by atoms with van der Waals surface area (Å²) in [5.74, 6) is -1.12. The number of hydrogen-bond donors (Lipinski definition) is 3. The highest BCUT2D eigenvalue weighted by Gasteiger charge is 2.09. The zero-order valence-electron chi connectivity index (χ0n) is 11.4. The molecule has 7 heteroatoms. The number of amides is 2. The molecule has 114 valence electrons. The van der Waals surface area contributed by atoms with Gasteiger partial charge in [-0.3, -0.25) is 0 Å². The molecular weight excluding hydrogens is 296 g/mol. The molecule has 0 spiro atoms. The number of carbonyl (C=O) groups excluding carboxylic acids is 1. The molecule has 21 heavy (non-hydrogen) atoms. The lowest BCUT2D eigenvalue weighted by molar-refractivity contribution is 0.0697. The van der Waals surface area contributed by atoms with Crippen molar-refractivity contribution in [1.29, 1.82) is 0 Å². The minimum absolute atomic E-state index is 0.0155. The zero-order chi connectivity index (χ0) is 15.7. The molecule has 0 aliphatic carbocycles. The van der Waals surface area contributed by atoms with Crippen LogP contribution in [0.2, 0.25) is 5.02 Å². The summed E-state index contributed by atoms with van der Waals surface area (Å²) in [6.07, 6.45) is 2.52. The highest BCUT2D eigenvalue weighted by Crippen LogP contribution is 2.20. The fraction of sp³-hybridized carbons (Fsp3) is 0.286. The molecule has 1 rings (SSSR count). The smallest absolute Gasteiger partial charge is 0.337 e. The Labute approximate surface area is 127 Å². The largest absolute Gasteiger partial charge is 0.478 e. The second-order valence-electron chi connectivity index (χ2n) is 4.07. The van der Waals surface area contributed by atoms with Crippen LogP contribution in [0.25, 0.3) is 0 Å². The fourth-order valence-corrected chi connectivity index (χ4v) is 1.71. The van der Waals surface area contributed by atoms with E-state index < -0.39 is 12.0 Å². The van der Waals surface area contributed by atoms with Gasteiger partial charge in [-0.05, 0) is 24.6 Å². The first-order valence-electron chi connectivity index (χ1n) is 6.31. The predicted molar refractivity (Wildman–Crippen MR) is 81.1 cm³/mol. The number of ether oxygens (including phenoxy) is 1. The zero-order valence-corrected chi connectivity index (χ0v) is 12.2. The van der Waals surface area contributed by atoms with Crippen LogP contribution < -0.4 is 10.6 Å². The van der Waals surface area contributed by atoms with Crippen LogP contribution in [-0.2, 0) is 4.74 Å². The van der Waals surface area contributed by atoms with E-state index in [0.717, 1.165) is 6.42 Å². The number of carboxylic acid groups (broad SMARTS) is 1. The first-order valence-corrected chi connectivity index (χ1v) is 6.68. The van der Waals surface area contributed by atoms with Crippen molar-refractivity contribution in [3.05, 3.63) is 41.4 Å². The van der Waals surface area contributed by atoms with E-state index in [9.17, 15) is 9.59 Å². The summed E-state index contributed by atoms with van der Waals surface area (Å²) in [6, 6.07) is 3.76. The molecule has 0 bridgehead atoms. The summed E-state index contributed by atoms with van der Waals surface area (Å²) < 4.78 is 5.24. The van der Waals surface area contributed by atoms with Crippen LogP contribution in [0.5, 0.6) is 0 Å². The molecule has 2 amide bonds. The van der Waals surface area contributed by atoms with Gasteiger partial charge in [0.25, 0.3) is 0 Å². The summed E-state index contributed by atoms with van der Waals surface area (Å²) in [7, 11) is 0. The molecule has 0 aliphatic heterocycles. The van der Waals surface area contributed by atoms with Gasteiger partial charge < -0.3 is 20.5 Å². The van der Waals surface area contributed by atoms with E-state index in [4.69, 9.17) is 21.4 Å². The number of hydrogen-bond acceptors (Lipinski definition) is 3. The van der Waals surface area contributed by atoms with Gasteiger partial charge in [-0.2, -0.15) is 0 Å². The Morgan fingerprint density at radius 3 is 2.76 bits per heavy atom. The van der Waals surface area contributed by atoms with Crippen molar-refractivity contribution >= 4 is 29.3 Å². The number of rotatable bonds is 8. The third-order valence-electron chi connectivity index (χ3n) is 2.46. The van der Waals surface area contributed by atoms with E-state index in [2.05, 4.69) is 17.2 Å². The van der Waals surface area contributed by atoms with Crippen molar-refractivity contribution in [2.24, 2.45) is 0 Å². The number of aromatic carboxylic acids is 1. The third-order valence-corrected chi connectivity index (χ3v) is 2.77. The summed E-state index contributed by atoms with van der Waals surface area (Å²) in [6.45, 7) is 4.91. The van der Waals surface area contributed by atoms with Crippen LogP contribution >= 0.6 is 11.6 Å². The summed E-state index contributed by atoms with van der Waals surface area (Å²) in [5.41, 5.74) is 0.397. The van der Waals surface area contributed by atoms with E-state index >= 15 is 0 Å². The van der Waals surface area contributed by atoms with Gasteiger partial charge in [-0.1, -0.05) is 17.7 Å². The lowest BCUT2D eigenvalue weighted by Crippen LogP contribution is -2.31. The summed E-state index contributed by atoms with van der Waals surface area (Å²) in [4.78, 5) is 22.4. The van der Waals surface area contributed by atoms with Gasteiger partial charge in [0.15, 0.2) is 0 Å². The van der Waals surface area contributed by atoms with Crippen LogP contribution in [0.1, 0.15) is 16.8 Å². The Bertz CT molecular complexity index is 520. The van der Waals surface area contributed by atoms with Crippen molar-refractivity contribution in [3.8, 4) is 0 Å². The van der Waals surface area contributed by atoms with E-state index in [1.165, 1.54) is 18.2 Å². The molecule has 0 aromatic heterocycles. The Kier molecular flexibility index (Phi) is 7.28. The van der Waals surface area contributed by atoms with Gasteiger partial charge in [0.1, 0.15) is 0 Å². The van der Waals surface area contributed by atoms with Gasteiger partial charge in [0, 0.05) is 12.2 Å². The Morgan fingerprint density at radius 2 is 2.14 bits per heavy atom. The number of carbonyl (C=O) groups is 2. The third kappa shape index (κ3) is 6.29. The number of anilines is 1. The van der Waals surface area contributed by atoms with Crippen LogP contribution in [0.15, 0.2) is 30.9 Å². The second kappa shape index (κ2) is 8.99. The predicted octanol–water partition coefficient (Wildman–Crippen LogP) is 2.75. The molecule has 0 unspecified atom stereocenters. The van der Waals surface area contributed by atoms with Crippen LogP contribution in [0.4, 0.5) is 10.5 Å². The maximum atomic E-state index is 11.6. The molecular formula is C14H17ClN2O4. The normalized spacial score (nSPS) is 9.95. The van der Waals surface area contributed by atoms with E-state index in [1.807, 2.05) is 0 Å². The van der Waals surface area contributed by atoms with Gasteiger partial charge in [0.05, 0.1) is 23.8 Å². The van der Waals surface area contributed by atoms with Gasteiger partial charge >= 0.3 is 12.0 Å². The fourth-order valence-electron chi connectivity index (χ4n) is 1.45. The molecule has 0 heterocycles. The molecule has 3 N–H and O–H groups in total. The molecule has 6 nitrogen and oxygen atoms in total. The number of nitrogens with one attached hydrogen (secondary N) is 2. The van der Waals surface area contributed by atoms with Crippen LogP contribution in [0, 0.1) is 0 Å². The average Bonchev–Trinajstić information content (AvgIpc) is 2.42. The van der Waals surface area contributed by atoms with Gasteiger partial charge in [-0.25, -0.2) is 9.59 Å². The Morgan fingerprint density at radius 1 is 1.38 bits per heavy atom. The van der Waals surface area contributed by atoms with Crippen molar-refractivity contribution in [2.45, 2.75) is 6.42 Å². The summed E-state index contributed by atoms with van der Waals surface area (Å²) in [5, 5.41) is 14.1. The lowest BCUT2D eigenvalue weighted by Gasteiger charge is -2.09. The van der Waals surface area contributed by atoms with Gasteiger partial charge in [-0.15, -0.1) is 6.58 Å². The maximum Gasteiger partial charge on any atom is 0.337 e. The SMILES string of the molecule is C=CCCOCCNC(=O)Nc1ccc(C(=O)O)c(Cl)c1. The van der Waals surface area contributed by atoms with Crippen molar-refractivity contribution in [2.75, 3.05) is 25.1 Å². The van der Waals surface area contributed by atoms with Crippen molar-refractivity contribution in [3.63, 3.8) is 0 Å². The highest BCUT2D eigenvalue weighted by molar-refractivity contribution is 6.33. The molecule has 0 saturated heterocycles. The minimum Gasteiger partial charge on any atom is -0.478 e. The lowest BCUT2D eigenvalue weighted by atomic mass is 10.2. The van der Waals surface area contributed by atoms with E-state index in [1.54, 1.807) is 6.08 Å². The van der Waals surface area contributed by atoms with Crippen LogP contribution in [0.3, 0.4) is 0 Å². The summed E-state index contributed by atoms with van der Waals surface area (Å²) >= 11 is 5.80. The molecule has 0 saturated carbocycles. The van der Waals surface area contributed by atoms with Crippen LogP contribution in [-0.4, -0.2) is 36.9 Å². The molecule has 0 fully saturated rings. The van der Waals surface area contributed by atoms with Gasteiger partial charge in [0.2, 0.25) is 0 Å². The molecule has 1 aromatic rings. The topological polar surface area (TPSA) is 87.7 Å². The monoisotopic (exact) mass is 312 g/mol. The maximum absolute atomic E-state index is 11.6. The molecule has 1 aromatic carbocycles. The average molecular weight is 313 g/mol. The molecule has 0 aliphatic rings. The van der Waals surface area contributed by atoms with E-state index in [-0.39, 0.29) is 10.6 Å². The first-order chi connectivity index (χ1) is 10.0. The quantitative estimate of drug-likeness (QED) is 0.509. The number of urea groups is 1. The Hall–Kier alpha value is -2.05. The first kappa shape index (κ1) is 17.0. The van der Waals surface area contributed by atoms with Crippen molar-refractivity contribution < 1.29 is 19.4 Å². The highest BCUT2D eigenvalue weighted by atomic mass is 35.5. The van der Waals surface area contributed by atoms with E-state index in [0.29, 0.717) is 25.4 Å².